The van der Waals surface area contributed by atoms with E-state index in [-0.39, 0.29) is 5.91 Å². The molecule has 1 saturated heterocycles. The Bertz CT molecular complexity index is 208. The highest BCUT2D eigenvalue weighted by Crippen LogP contribution is 2.05. The lowest BCUT2D eigenvalue weighted by Crippen LogP contribution is -2.59. The van der Waals surface area contributed by atoms with Gasteiger partial charge in [-0.1, -0.05) is 6.92 Å². The fourth-order valence-corrected chi connectivity index (χ4v) is 1.51. The molecule has 2 amide bonds. The van der Waals surface area contributed by atoms with Gasteiger partial charge in [0, 0.05) is 26.1 Å². The Morgan fingerprint density at radius 2 is 2.36 bits per heavy atom. The molecule has 1 rings (SSSR count). The van der Waals surface area contributed by atoms with Gasteiger partial charge in [-0.2, -0.15) is 0 Å². The molecule has 1 heterocycles. The van der Waals surface area contributed by atoms with Crippen LogP contribution >= 0.6 is 0 Å². The van der Waals surface area contributed by atoms with Gasteiger partial charge in [0.05, 0.1) is 0 Å². The fourth-order valence-electron chi connectivity index (χ4n) is 1.51. The summed E-state index contributed by atoms with van der Waals surface area (Å²) in [4.78, 5) is 24.1. The van der Waals surface area contributed by atoms with Gasteiger partial charge in [-0.05, 0) is 0 Å². The summed E-state index contributed by atoms with van der Waals surface area (Å²) in [7, 11) is 0. The van der Waals surface area contributed by atoms with E-state index in [4.69, 9.17) is 5.21 Å². The normalized spacial score (nSPS) is 21.9. The van der Waals surface area contributed by atoms with E-state index in [9.17, 15) is 9.59 Å². The van der Waals surface area contributed by atoms with E-state index < -0.39 is 11.9 Å². The summed E-state index contributed by atoms with van der Waals surface area (Å²) < 4.78 is 0. The van der Waals surface area contributed by atoms with Crippen molar-refractivity contribution < 1.29 is 14.8 Å². The summed E-state index contributed by atoms with van der Waals surface area (Å²) in [6.07, 6.45) is 0.370. The number of piperazine rings is 1. The number of carbonyl (C=O) groups excluding carboxylic acids is 2. The van der Waals surface area contributed by atoms with E-state index in [0.717, 1.165) is 0 Å². The molecule has 0 bridgehead atoms. The molecule has 0 spiro atoms. The average molecular weight is 201 g/mol. The molecule has 0 aliphatic carbocycles. The van der Waals surface area contributed by atoms with Gasteiger partial charge < -0.3 is 10.2 Å². The van der Waals surface area contributed by atoms with E-state index in [1.54, 1.807) is 12.4 Å². The second kappa shape index (κ2) is 4.92. The number of hydrogen-bond acceptors (Lipinski definition) is 4. The predicted molar refractivity (Wildman–Crippen MR) is 48.6 cm³/mol. The molecule has 0 aromatic rings. The van der Waals surface area contributed by atoms with Gasteiger partial charge in [0.1, 0.15) is 6.04 Å². The van der Waals surface area contributed by atoms with Gasteiger partial charge in [0.2, 0.25) is 5.91 Å². The second-order valence-corrected chi connectivity index (χ2v) is 3.14. The van der Waals surface area contributed by atoms with Crippen molar-refractivity contribution in [2.75, 3.05) is 19.6 Å². The Morgan fingerprint density at radius 3 is 2.93 bits per heavy atom. The number of nitrogens with one attached hydrogen (secondary N) is 2. The lowest BCUT2D eigenvalue weighted by molar-refractivity contribution is -0.145. The van der Waals surface area contributed by atoms with Crippen LogP contribution in [0.4, 0.5) is 0 Å². The highest BCUT2D eigenvalue weighted by atomic mass is 16.5. The van der Waals surface area contributed by atoms with Gasteiger partial charge in [0.15, 0.2) is 0 Å². The molecular weight excluding hydrogens is 186 g/mol. The third kappa shape index (κ3) is 2.21. The number of amides is 2. The zero-order valence-corrected chi connectivity index (χ0v) is 8.12. The minimum atomic E-state index is -0.596. The van der Waals surface area contributed by atoms with Crippen LogP contribution in [-0.4, -0.2) is 47.6 Å². The quantitative estimate of drug-likeness (QED) is 0.383. The van der Waals surface area contributed by atoms with Crippen LogP contribution in [0.25, 0.3) is 0 Å². The summed E-state index contributed by atoms with van der Waals surface area (Å²) in [5.41, 5.74) is 1.57. The maximum Gasteiger partial charge on any atom is 0.267 e. The van der Waals surface area contributed by atoms with E-state index in [0.29, 0.717) is 26.1 Å². The molecule has 1 atom stereocenters. The molecule has 1 fully saturated rings. The summed E-state index contributed by atoms with van der Waals surface area (Å²) in [6, 6.07) is -0.596. The second-order valence-electron chi connectivity index (χ2n) is 3.14. The molecule has 1 aliphatic heterocycles. The van der Waals surface area contributed by atoms with Crippen molar-refractivity contribution in [2.24, 2.45) is 0 Å². The highest BCUT2D eigenvalue weighted by molar-refractivity contribution is 5.87. The first kappa shape index (κ1) is 10.9. The standard InChI is InChI=1S/C8H15N3O3/c1-2-7(12)11-4-3-9-5-6(11)8(13)10-14/h6,9,14H,2-5H2,1H3,(H,10,13). The van der Waals surface area contributed by atoms with Crippen LogP contribution in [0.1, 0.15) is 13.3 Å². The molecule has 0 radical (unpaired) electrons. The lowest BCUT2D eigenvalue weighted by Gasteiger charge is -2.34. The molecule has 0 aromatic carbocycles. The summed E-state index contributed by atoms with van der Waals surface area (Å²) in [5.74, 6) is -0.612. The van der Waals surface area contributed by atoms with Crippen LogP contribution < -0.4 is 10.8 Å². The molecule has 1 unspecified atom stereocenters. The molecule has 6 nitrogen and oxygen atoms in total. The Hall–Kier alpha value is -1.14. The summed E-state index contributed by atoms with van der Waals surface area (Å²) in [6.45, 7) is 3.32. The maximum absolute atomic E-state index is 11.4. The molecule has 14 heavy (non-hydrogen) atoms. The number of carbonyl (C=O) groups is 2. The van der Waals surface area contributed by atoms with Crippen LogP contribution in [0.3, 0.4) is 0 Å². The minimum absolute atomic E-state index is 0.0694. The van der Waals surface area contributed by atoms with Crippen molar-refractivity contribution in [3.05, 3.63) is 0 Å². The van der Waals surface area contributed by atoms with Crippen LogP contribution in [-0.2, 0) is 9.59 Å². The zero-order valence-electron chi connectivity index (χ0n) is 8.12. The first-order valence-electron chi connectivity index (χ1n) is 4.64. The molecule has 0 aromatic heterocycles. The highest BCUT2D eigenvalue weighted by Gasteiger charge is 2.30. The van der Waals surface area contributed by atoms with Crippen molar-refractivity contribution in [1.29, 1.82) is 0 Å². The van der Waals surface area contributed by atoms with Crippen molar-refractivity contribution in [3.8, 4) is 0 Å². The number of nitrogens with zero attached hydrogens (tertiary/aromatic N) is 1. The Kier molecular flexibility index (Phi) is 3.84. The monoisotopic (exact) mass is 201 g/mol. The van der Waals surface area contributed by atoms with Crippen LogP contribution in [0.5, 0.6) is 0 Å². The number of rotatable bonds is 2. The SMILES string of the molecule is CCC(=O)N1CCNCC1C(=O)NO. The van der Waals surface area contributed by atoms with Gasteiger partial charge >= 0.3 is 0 Å². The van der Waals surface area contributed by atoms with Gasteiger partial charge in [-0.15, -0.1) is 0 Å². The van der Waals surface area contributed by atoms with Crippen molar-refractivity contribution in [1.82, 2.24) is 15.7 Å². The predicted octanol–water partition coefficient (Wildman–Crippen LogP) is -1.30. The van der Waals surface area contributed by atoms with Crippen molar-refractivity contribution >= 4 is 11.8 Å². The van der Waals surface area contributed by atoms with E-state index in [1.807, 2.05) is 0 Å². The summed E-state index contributed by atoms with van der Waals surface area (Å²) >= 11 is 0. The molecule has 0 saturated carbocycles. The van der Waals surface area contributed by atoms with Crippen molar-refractivity contribution in [2.45, 2.75) is 19.4 Å². The Morgan fingerprint density at radius 1 is 1.64 bits per heavy atom. The first-order valence-corrected chi connectivity index (χ1v) is 4.64. The summed E-state index contributed by atoms with van der Waals surface area (Å²) in [5, 5.41) is 11.5. The third-order valence-corrected chi connectivity index (χ3v) is 2.28. The van der Waals surface area contributed by atoms with Gasteiger partial charge in [-0.3, -0.25) is 14.8 Å². The average Bonchev–Trinajstić information content (AvgIpc) is 2.27. The minimum Gasteiger partial charge on any atom is -0.328 e. The van der Waals surface area contributed by atoms with E-state index in [1.165, 1.54) is 4.90 Å². The number of hydrogen-bond donors (Lipinski definition) is 3. The maximum atomic E-state index is 11.4. The van der Waals surface area contributed by atoms with E-state index >= 15 is 0 Å². The lowest BCUT2D eigenvalue weighted by atomic mass is 10.1. The van der Waals surface area contributed by atoms with Gasteiger partial charge in [0.25, 0.3) is 5.91 Å². The van der Waals surface area contributed by atoms with Crippen LogP contribution in [0.2, 0.25) is 0 Å². The van der Waals surface area contributed by atoms with E-state index in [2.05, 4.69) is 5.32 Å². The Labute approximate surface area is 82.2 Å². The topological polar surface area (TPSA) is 81.7 Å². The molecule has 3 N–H and O–H groups in total. The molecule has 80 valence electrons. The zero-order chi connectivity index (χ0) is 10.6. The smallest absolute Gasteiger partial charge is 0.267 e. The third-order valence-electron chi connectivity index (χ3n) is 2.28. The van der Waals surface area contributed by atoms with Crippen molar-refractivity contribution in [3.63, 3.8) is 0 Å². The Balaban J connectivity index is 2.68. The first-order chi connectivity index (χ1) is 6.70. The number of hydroxylamine groups is 1. The largest absolute Gasteiger partial charge is 0.328 e. The molecule has 6 heteroatoms. The fraction of sp³-hybridized carbons (Fsp3) is 0.750. The van der Waals surface area contributed by atoms with Crippen LogP contribution in [0.15, 0.2) is 0 Å². The van der Waals surface area contributed by atoms with Crippen LogP contribution in [0, 0.1) is 0 Å². The molecular formula is C8H15N3O3. The molecule has 1 aliphatic rings. The van der Waals surface area contributed by atoms with Gasteiger partial charge in [-0.25, -0.2) is 5.48 Å².